The van der Waals surface area contributed by atoms with Crippen LogP contribution in [0.3, 0.4) is 0 Å². The molecule has 0 aliphatic carbocycles. The Balaban J connectivity index is 1.41. The smallest absolute Gasteiger partial charge is 0.231 e. The van der Waals surface area contributed by atoms with E-state index in [9.17, 15) is 4.79 Å². The molecule has 3 rings (SSSR count). The molecule has 1 aliphatic heterocycles. The maximum atomic E-state index is 11.9. The summed E-state index contributed by atoms with van der Waals surface area (Å²) in [5.41, 5.74) is 2.06. The van der Waals surface area contributed by atoms with E-state index in [0.29, 0.717) is 19.4 Å². The number of benzene rings is 1. The van der Waals surface area contributed by atoms with Gasteiger partial charge < -0.3 is 14.8 Å². The number of carbonyl (C=O) groups is 1. The van der Waals surface area contributed by atoms with Crippen LogP contribution < -0.4 is 14.8 Å². The summed E-state index contributed by atoms with van der Waals surface area (Å²) in [6.07, 6.45) is 3.65. The summed E-state index contributed by atoms with van der Waals surface area (Å²) in [5.74, 6) is 1.57. The Labute approximate surface area is 129 Å². The minimum atomic E-state index is 0.0496. The Bertz CT molecular complexity index is 644. The molecule has 22 heavy (non-hydrogen) atoms. The number of aromatic nitrogens is 1. The molecule has 1 N–H and O–H groups in total. The second-order valence-electron chi connectivity index (χ2n) is 5.11. The number of nitrogens with zero attached hydrogens (tertiary/aromatic N) is 1. The zero-order chi connectivity index (χ0) is 15.2. The number of aryl methyl sites for hydroxylation is 1. The normalized spacial score (nSPS) is 12.2. The van der Waals surface area contributed by atoms with Crippen LogP contribution in [-0.2, 0) is 17.6 Å². The summed E-state index contributed by atoms with van der Waals surface area (Å²) in [6, 6.07) is 11.6. The molecule has 0 bridgehead atoms. The van der Waals surface area contributed by atoms with E-state index < -0.39 is 0 Å². The van der Waals surface area contributed by atoms with Crippen LogP contribution >= 0.6 is 0 Å². The Kier molecular flexibility index (Phi) is 4.53. The third-order valence-electron chi connectivity index (χ3n) is 3.51. The Hall–Kier alpha value is -2.56. The van der Waals surface area contributed by atoms with Gasteiger partial charge in [0.25, 0.3) is 0 Å². The van der Waals surface area contributed by atoms with Gasteiger partial charge in [-0.3, -0.25) is 9.78 Å². The second-order valence-corrected chi connectivity index (χ2v) is 5.11. The van der Waals surface area contributed by atoms with E-state index in [1.165, 1.54) is 0 Å². The Morgan fingerprint density at radius 2 is 2.05 bits per heavy atom. The van der Waals surface area contributed by atoms with Crippen molar-refractivity contribution in [2.24, 2.45) is 0 Å². The topological polar surface area (TPSA) is 60.5 Å². The molecule has 2 aromatic rings. The average Bonchev–Trinajstić information content (AvgIpc) is 3.01. The number of ether oxygens (including phenoxy) is 2. The maximum Gasteiger partial charge on any atom is 0.231 e. The number of amides is 1. The predicted molar refractivity (Wildman–Crippen MR) is 81.8 cm³/mol. The molecular formula is C17H18N2O3. The van der Waals surface area contributed by atoms with Crippen molar-refractivity contribution in [3.05, 3.63) is 53.9 Å². The molecular weight excluding hydrogens is 280 g/mol. The third-order valence-corrected chi connectivity index (χ3v) is 3.51. The molecule has 0 spiro atoms. The molecule has 1 aromatic carbocycles. The van der Waals surface area contributed by atoms with Crippen molar-refractivity contribution in [3.63, 3.8) is 0 Å². The van der Waals surface area contributed by atoms with Gasteiger partial charge in [-0.2, -0.15) is 0 Å². The number of nitrogens with one attached hydrogen (secondary N) is 1. The molecule has 1 amide bonds. The van der Waals surface area contributed by atoms with Gasteiger partial charge in [-0.25, -0.2) is 0 Å². The van der Waals surface area contributed by atoms with E-state index in [1.54, 1.807) is 6.20 Å². The number of carbonyl (C=O) groups excluding carboxylic acids is 1. The fourth-order valence-electron chi connectivity index (χ4n) is 2.32. The highest BCUT2D eigenvalue weighted by atomic mass is 16.7. The van der Waals surface area contributed by atoms with Gasteiger partial charge in [0.2, 0.25) is 12.7 Å². The SMILES string of the molecule is O=C(CCc1ccc2c(c1)OCO2)NCCc1ccccn1. The lowest BCUT2D eigenvalue weighted by Crippen LogP contribution is -2.26. The van der Waals surface area contributed by atoms with E-state index in [4.69, 9.17) is 9.47 Å². The number of hydrogen-bond donors (Lipinski definition) is 1. The van der Waals surface area contributed by atoms with E-state index in [0.717, 1.165) is 29.2 Å². The molecule has 1 aliphatic rings. The first-order valence-corrected chi connectivity index (χ1v) is 7.36. The van der Waals surface area contributed by atoms with Crippen LogP contribution in [0.1, 0.15) is 17.7 Å². The van der Waals surface area contributed by atoms with Gasteiger partial charge in [0.15, 0.2) is 11.5 Å². The molecule has 0 saturated heterocycles. The molecule has 0 saturated carbocycles. The molecule has 0 unspecified atom stereocenters. The van der Waals surface area contributed by atoms with Gasteiger partial charge in [-0.1, -0.05) is 12.1 Å². The van der Waals surface area contributed by atoms with Crippen LogP contribution in [0.2, 0.25) is 0 Å². The summed E-state index contributed by atoms with van der Waals surface area (Å²) in [5, 5.41) is 2.92. The van der Waals surface area contributed by atoms with Crippen molar-refractivity contribution in [2.45, 2.75) is 19.3 Å². The van der Waals surface area contributed by atoms with Crippen LogP contribution in [0, 0.1) is 0 Å². The first-order chi connectivity index (χ1) is 10.8. The Morgan fingerprint density at radius 3 is 2.91 bits per heavy atom. The van der Waals surface area contributed by atoms with Crippen LogP contribution in [0.15, 0.2) is 42.6 Å². The molecule has 0 radical (unpaired) electrons. The highest BCUT2D eigenvalue weighted by molar-refractivity contribution is 5.76. The second kappa shape index (κ2) is 6.93. The van der Waals surface area contributed by atoms with Crippen molar-refractivity contribution in [2.75, 3.05) is 13.3 Å². The molecule has 5 heteroatoms. The summed E-state index contributed by atoms with van der Waals surface area (Å²) in [4.78, 5) is 16.1. The van der Waals surface area contributed by atoms with E-state index in [-0.39, 0.29) is 12.7 Å². The number of hydrogen-bond acceptors (Lipinski definition) is 4. The lowest BCUT2D eigenvalue weighted by Gasteiger charge is -2.06. The summed E-state index contributed by atoms with van der Waals surface area (Å²) in [6.45, 7) is 0.879. The van der Waals surface area contributed by atoms with Gasteiger partial charge in [-0.15, -0.1) is 0 Å². The fraction of sp³-hybridized carbons (Fsp3) is 0.294. The van der Waals surface area contributed by atoms with Crippen LogP contribution in [0.5, 0.6) is 11.5 Å². The largest absolute Gasteiger partial charge is 0.454 e. The molecule has 0 fully saturated rings. The lowest BCUT2D eigenvalue weighted by atomic mass is 10.1. The van der Waals surface area contributed by atoms with Crippen LogP contribution in [-0.4, -0.2) is 24.2 Å². The average molecular weight is 298 g/mol. The predicted octanol–water partition coefficient (Wildman–Crippen LogP) is 2.10. The molecule has 0 atom stereocenters. The van der Waals surface area contributed by atoms with Crippen molar-refractivity contribution >= 4 is 5.91 Å². The molecule has 114 valence electrons. The third kappa shape index (κ3) is 3.75. The van der Waals surface area contributed by atoms with Crippen molar-refractivity contribution in [3.8, 4) is 11.5 Å². The first kappa shape index (κ1) is 14.4. The fourth-order valence-corrected chi connectivity index (χ4v) is 2.32. The van der Waals surface area contributed by atoms with Crippen LogP contribution in [0.4, 0.5) is 0 Å². The molecule has 5 nitrogen and oxygen atoms in total. The standard InChI is InChI=1S/C17H18N2O3/c20-17(19-10-8-14-3-1-2-9-18-14)7-5-13-4-6-15-16(11-13)22-12-21-15/h1-4,6,9,11H,5,7-8,10,12H2,(H,19,20). The Morgan fingerprint density at radius 1 is 1.14 bits per heavy atom. The minimum absolute atomic E-state index is 0.0496. The minimum Gasteiger partial charge on any atom is -0.454 e. The van der Waals surface area contributed by atoms with Crippen molar-refractivity contribution in [1.82, 2.24) is 10.3 Å². The highest BCUT2D eigenvalue weighted by Gasteiger charge is 2.13. The van der Waals surface area contributed by atoms with E-state index in [2.05, 4.69) is 10.3 Å². The highest BCUT2D eigenvalue weighted by Crippen LogP contribution is 2.32. The van der Waals surface area contributed by atoms with Gasteiger partial charge in [0, 0.05) is 31.3 Å². The quantitative estimate of drug-likeness (QED) is 0.887. The summed E-state index contributed by atoms with van der Waals surface area (Å²) in [7, 11) is 0. The van der Waals surface area contributed by atoms with Gasteiger partial charge in [0.05, 0.1) is 0 Å². The van der Waals surface area contributed by atoms with E-state index >= 15 is 0 Å². The maximum absolute atomic E-state index is 11.9. The van der Waals surface area contributed by atoms with Gasteiger partial charge in [0.1, 0.15) is 0 Å². The molecule has 2 heterocycles. The lowest BCUT2D eigenvalue weighted by molar-refractivity contribution is -0.121. The van der Waals surface area contributed by atoms with Gasteiger partial charge >= 0.3 is 0 Å². The zero-order valence-corrected chi connectivity index (χ0v) is 12.2. The van der Waals surface area contributed by atoms with E-state index in [1.807, 2.05) is 36.4 Å². The zero-order valence-electron chi connectivity index (χ0n) is 12.2. The van der Waals surface area contributed by atoms with Crippen molar-refractivity contribution < 1.29 is 14.3 Å². The number of fused-ring (bicyclic) bond motifs is 1. The number of rotatable bonds is 6. The van der Waals surface area contributed by atoms with Gasteiger partial charge in [-0.05, 0) is 36.2 Å². The molecule has 1 aromatic heterocycles. The first-order valence-electron chi connectivity index (χ1n) is 7.36. The van der Waals surface area contributed by atoms with Crippen molar-refractivity contribution in [1.29, 1.82) is 0 Å². The monoisotopic (exact) mass is 298 g/mol. The summed E-state index contributed by atoms with van der Waals surface area (Å²) >= 11 is 0. The number of pyridine rings is 1. The summed E-state index contributed by atoms with van der Waals surface area (Å²) < 4.78 is 10.6. The van der Waals surface area contributed by atoms with Crippen LogP contribution in [0.25, 0.3) is 0 Å².